The number of anilines is 2. The van der Waals surface area contributed by atoms with Gasteiger partial charge in [-0.25, -0.2) is 14.4 Å². The van der Waals surface area contributed by atoms with Gasteiger partial charge in [0.1, 0.15) is 24.0 Å². The highest BCUT2D eigenvalue weighted by atomic mass is 79.9. The molecule has 0 aliphatic rings. The quantitative estimate of drug-likeness (QED) is 0.388. The van der Waals surface area contributed by atoms with E-state index in [1.165, 1.54) is 6.33 Å². The monoisotopic (exact) mass is 483 g/mol. The van der Waals surface area contributed by atoms with Gasteiger partial charge in [0.25, 0.3) is 0 Å². The normalized spacial score (nSPS) is 13.5. The third kappa shape index (κ3) is 4.31. The summed E-state index contributed by atoms with van der Waals surface area (Å²) in [4.78, 5) is 15.1. The molecule has 0 spiro atoms. The number of halogens is 2. The van der Waals surface area contributed by atoms with Crippen LogP contribution < -0.4 is 10.1 Å². The van der Waals surface area contributed by atoms with E-state index in [-0.39, 0.29) is 18.0 Å². The van der Waals surface area contributed by atoms with Crippen molar-refractivity contribution in [2.45, 2.75) is 26.0 Å². The van der Waals surface area contributed by atoms with Crippen LogP contribution in [0, 0.1) is 5.82 Å². The van der Waals surface area contributed by atoms with Crippen molar-refractivity contribution in [3.8, 4) is 5.75 Å². The molecular weight excluding hydrogens is 461 g/mol. The molecule has 0 aliphatic heterocycles. The summed E-state index contributed by atoms with van der Waals surface area (Å²) in [6, 6.07) is 10.8. The molecular formula is C23H23BrFN5O. The van der Waals surface area contributed by atoms with E-state index in [0.29, 0.717) is 39.1 Å². The third-order valence-corrected chi connectivity index (χ3v) is 5.90. The molecule has 0 saturated heterocycles. The molecule has 0 fully saturated rings. The van der Waals surface area contributed by atoms with Crippen molar-refractivity contribution >= 4 is 49.2 Å². The van der Waals surface area contributed by atoms with Gasteiger partial charge in [-0.2, -0.15) is 0 Å². The van der Waals surface area contributed by atoms with Crippen molar-refractivity contribution in [3.05, 3.63) is 59.2 Å². The van der Waals surface area contributed by atoms with Crippen molar-refractivity contribution in [3.63, 3.8) is 0 Å². The van der Waals surface area contributed by atoms with E-state index < -0.39 is 0 Å². The van der Waals surface area contributed by atoms with Crippen LogP contribution in [0.1, 0.15) is 13.8 Å². The number of rotatable bonds is 6. The summed E-state index contributed by atoms with van der Waals surface area (Å²) in [6.45, 7) is 4.11. The zero-order valence-corrected chi connectivity index (χ0v) is 19.3. The molecule has 4 aromatic rings. The number of aromatic nitrogens is 3. The van der Waals surface area contributed by atoms with Gasteiger partial charge in [-0.15, -0.1) is 0 Å². The maximum atomic E-state index is 15.1. The molecule has 2 atom stereocenters. The second-order valence-electron chi connectivity index (χ2n) is 7.67. The first kappa shape index (κ1) is 21.4. The summed E-state index contributed by atoms with van der Waals surface area (Å²) in [5.41, 5.74) is 1.59. The Balaban J connectivity index is 1.79. The van der Waals surface area contributed by atoms with Crippen molar-refractivity contribution in [2.75, 3.05) is 19.4 Å². The fourth-order valence-electron chi connectivity index (χ4n) is 3.37. The highest BCUT2D eigenvalue weighted by Gasteiger charge is 2.20. The minimum absolute atomic E-state index is 0.0935. The van der Waals surface area contributed by atoms with Crippen molar-refractivity contribution in [2.24, 2.45) is 0 Å². The molecule has 2 aromatic heterocycles. The molecule has 6 nitrogen and oxygen atoms in total. The van der Waals surface area contributed by atoms with Crippen LogP contribution in [0.25, 0.3) is 21.8 Å². The Morgan fingerprint density at radius 3 is 2.65 bits per heavy atom. The number of pyridine rings is 1. The van der Waals surface area contributed by atoms with Crippen LogP contribution in [0.4, 0.5) is 15.9 Å². The zero-order chi connectivity index (χ0) is 22.1. The SMILES string of the molecule is C[C@H]([C@@H](C)Oc1cc(Br)cc2ncnc(Nc3ccc4ncccc4c3F)c12)N(C)C. The lowest BCUT2D eigenvalue weighted by atomic mass is 10.1. The predicted octanol–water partition coefficient (Wildman–Crippen LogP) is 5.54. The molecule has 8 heteroatoms. The molecule has 0 aliphatic carbocycles. The molecule has 0 saturated carbocycles. The topological polar surface area (TPSA) is 63.2 Å². The van der Waals surface area contributed by atoms with Crippen LogP contribution in [0.15, 0.2) is 53.4 Å². The van der Waals surface area contributed by atoms with E-state index in [9.17, 15) is 0 Å². The summed E-state index contributed by atoms with van der Waals surface area (Å²) < 4.78 is 22.3. The lowest BCUT2D eigenvalue weighted by molar-refractivity contribution is 0.123. The fourth-order valence-corrected chi connectivity index (χ4v) is 3.79. The molecule has 1 N–H and O–H groups in total. The minimum Gasteiger partial charge on any atom is -0.488 e. The van der Waals surface area contributed by atoms with E-state index in [2.05, 4.69) is 48.0 Å². The van der Waals surface area contributed by atoms with Crippen LogP contribution in [-0.4, -0.2) is 46.1 Å². The highest BCUT2D eigenvalue weighted by molar-refractivity contribution is 9.10. The number of ether oxygens (including phenoxy) is 1. The van der Waals surface area contributed by atoms with E-state index in [1.807, 2.05) is 33.2 Å². The second kappa shape index (κ2) is 8.72. The standard InChI is InChI=1S/C23H23BrFN5O/c1-13(30(3)4)14(2)31-20-11-15(24)10-19-21(20)23(28-12-27-19)29-18-8-7-17-16(22(18)25)6-5-9-26-17/h5-14H,1-4H3,(H,27,28,29)/t13-,14-/m1/s1. The molecule has 0 radical (unpaired) electrons. The van der Waals surface area contributed by atoms with E-state index >= 15 is 4.39 Å². The van der Waals surface area contributed by atoms with Gasteiger partial charge in [0, 0.05) is 22.1 Å². The number of nitrogens with one attached hydrogen (secondary N) is 1. The molecule has 160 valence electrons. The van der Waals surface area contributed by atoms with Gasteiger partial charge in [-0.05, 0) is 64.3 Å². The van der Waals surface area contributed by atoms with Crippen LogP contribution >= 0.6 is 15.9 Å². The molecule has 2 aromatic carbocycles. The molecule has 0 bridgehead atoms. The number of hydrogen-bond acceptors (Lipinski definition) is 6. The van der Waals surface area contributed by atoms with Crippen LogP contribution in [0.3, 0.4) is 0 Å². The van der Waals surface area contributed by atoms with Gasteiger partial charge in [-0.3, -0.25) is 4.98 Å². The Kier molecular flexibility index (Phi) is 6.02. The Labute approximate surface area is 188 Å². The number of fused-ring (bicyclic) bond motifs is 2. The second-order valence-corrected chi connectivity index (χ2v) is 8.59. The van der Waals surface area contributed by atoms with Gasteiger partial charge in [-0.1, -0.05) is 15.9 Å². The number of hydrogen-bond donors (Lipinski definition) is 1. The maximum Gasteiger partial charge on any atom is 0.156 e. The third-order valence-electron chi connectivity index (χ3n) is 5.45. The first-order valence-electron chi connectivity index (χ1n) is 9.92. The maximum absolute atomic E-state index is 15.1. The van der Waals surface area contributed by atoms with Crippen LogP contribution in [0.2, 0.25) is 0 Å². The zero-order valence-electron chi connectivity index (χ0n) is 17.7. The van der Waals surface area contributed by atoms with Crippen molar-refractivity contribution in [1.29, 1.82) is 0 Å². The highest BCUT2D eigenvalue weighted by Crippen LogP contribution is 2.36. The van der Waals surface area contributed by atoms with Crippen LogP contribution in [0.5, 0.6) is 5.75 Å². The van der Waals surface area contributed by atoms with Gasteiger partial charge >= 0.3 is 0 Å². The first-order chi connectivity index (χ1) is 14.8. The largest absolute Gasteiger partial charge is 0.488 e. The summed E-state index contributed by atoms with van der Waals surface area (Å²) in [6.07, 6.45) is 3.00. The number of likely N-dealkylation sites (N-methyl/N-ethyl adjacent to an activating group) is 1. The summed E-state index contributed by atoms with van der Waals surface area (Å²) in [5, 5.41) is 4.26. The summed E-state index contributed by atoms with van der Waals surface area (Å²) in [7, 11) is 4.02. The molecule has 0 unspecified atom stereocenters. The smallest absolute Gasteiger partial charge is 0.156 e. The van der Waals surface area contributed by atoms with Gasteiger partial charge in [0.2, 0.25) is 0 Å². The Morgan fingerprint density at radius 1 is 1.06 bits per heavy atom. The van der Waals surface area contributed by atoms with Crippen molar-refractivity contribution in [1.82, 2.24) is 19.9 Å². The lowest BCUT2D eigenvalue weighted by Gasteiger charge is -2.27. The van der Waals surface area contributed by atoms with Gasteiger partial charge in [0.15, 0.2) is 5.82 Å². The number of benzene rings is 2. The molecule has 4 rings (SSSR count). The molecule has 2 heterocycles. The minimum atomic E-state index is -0.383. The Morgan fingerprint density at radius 2 is 1.87 bits per heavy atom. The van der Waals surface area contributed by atoms with Gasteiger partial charge < -0.3 is 15.0 Å². The Bertz CT molecular complexity index is 1250. The summed E-state index contributed by atoms with van der Waals surface area (Å²) in [5.74, 6) is 0.711. The van der Waals surface area contributed by atoms with Gasteiger partial charge in [0.05, 0.1) is 22.1 Å². The average Bonchev–Trinajstić information content (AvgIpc) is 2.75. The predicted molar refractivity (Wildman–Crippen MR) is 125 cm³/mol. The molecule has 31 heavy (non-hydrogen) atoms. The Hall–Kier alpha value is -2.84. The summed E-state index contributed by atoms with van der Waals surface area (Å²) >= 11 is 3.53. The van der Waals surface area contributed by atoms with E-state index in [0.717, 1.165) is 4.47 Å². The number of nitrogens with zero attached hydrogens (tertiary/aromatic N) is 4. The van der Waals surface area contributed by atoms with Crippen molar-refractivity contribution < 1.29 is 9.13 Å². The molecule has 0 amide bonds. The van der Waals surface area contributed by atoms with E-state index in [1.54, 1.807) is 30.5 Å². The average molecular weight is 484 g/mol. The lowest BCUT2D eigenvalue weighted by Crippen LogP contribution is -2.38. The van der Waals surface area contributed by atoms with Crippen LogP contribution in [-0.2, 0) is 0 Å². The fraction of sp³-hybridized carbons (Fsp3) is 0.261. The first-order valence-corrected chi connectivity index (χ1v) is 10.7. The van der Waals surface area contributed by atoms with E-state index in [4.69, 9.17) is 4.74 Å².